The van der Waals surface area contributed by atoms with Gasteiger partial charge in [-0.25, -0.2) is 14.0 Å². The van der Waals surface area contributed by atoms with Crippen molar-refractivity contribution < 1.29 is 28.2 Å². The van der Waals surface area contributed by atoms with Gasteiger partial charge in [0.2, 0.25) is 0 Å². The summed E-state index contributed by atoms with van der Waals surface area (Å²) in [6, 6.07) is 4.05. The van der Waals surface area contributed by atoms with Crippen LogP contribution in [0.4, 0.5) is 19.7 Å². The molecular formula is C26H30FN5O5. The van der Waals surface area contributed by atoms with Crippen LogP contribution in [-0.4, -0.2) is 78.2 Å². The summed E-state index contributed by atoms with van der Waals surface area (Å²) in [6.45, 7) is 7.01. The van der Waals surface area contributed by atoms with E-state index >= 15 is 0 Å². The molecule has 1 aromatic heterocycles. The molecule has 11 heteroatoms. The van der Waals surface area contributed by atoms with E-state index in [9.17, 15) is 18.8 Å². The Hall–Kier alpha value is -3.86. The smallest absolute Gasteiger partial charge is 0.408 e. The number of likely N-dealkylation sites (tertiary alicyclic amines) is 1. The van der Waals surface area contributed by atoms with Crippen molar-refractivity contribution in [1.29, 1.82) is 0 Å². The van der Waals surface area contributed by atoms with Gasteiger partial charge in [-0.2, -0.15) is 0 Å². The predicted octanol–water partition coefficient (Wildman–Crippen LogP) is 3.27. The molecule has 0 radical (unpaired) electrons. The quantitative estimate of drug-likeness (QED) is 0.547. The van der Waals surface area contributed by atoms with Crippen molar-refractivity contribution in [2.24, 2.45) is 0 Å². The molecule has 0 bridgehead atoms. The molecule has 5 rings (SSSR count). The first-order valence-electron chi connectivity index (χ1n) is 12.4. The fourth-order valence-electron chi connectivity index (χ4n) is 4.96. The number of hydrogen-bond donors (Lipinski definition) is 3. The maximum absolute atomic E-state index is 13.8. The number of ether oxygens (including phenoxy) is 2. The average molecular weight is 512 g/mol. The van der Waals surface area contributed by atoms with Gasteiger partial charge in [-0.3, -0.25) is 4.79 Å². The number of H-pyrrole nitrogens is 1. The van der Waals surface area contributed by atoms with Crippen LogP contribution in [0.25, 0.3) is 11.6 Å². The van der Waals surface area contributed by atoms with Gasteiger partial charge < -0.3 is 34.9 Å². The summed E-state index contributed by atoms with van der Waals surface area (Å²) in [5.74, 6) is -0.384. The summed E-state index contributed by atoms with van der Waals surface area (Å²) in [6.07, 6.45) is 2.33. The standard InChI is InChI=1S/C26H30FN5O5/c1-15-22(14-20-19-13-17(27)3-4-21(19)30-24(20)33)28-16(2)23(15)37-25(34)29-18-5-7-31(8-6-18)26(35)32-9-11-36-12-10-32/h3-4,13-14,18,28H,5-12H2,1-2H3,(H,29,34)(H,30,33)/b20-14-. The van der Waals surface area contributed by atoms with E-state index in [1.54, 1.807) is 24.8 Å². The van der Waals surface area contributed by atoms with Crippen LogP contribution in [0.15, 0.2) is 18.2 Å². The van der Waals surface area contributed by atoms with Crippen LogP contribution < -0.4 is 15.4 Å². The van der Waals surface area contributed by atoms with Gasteiger partial charge in [0.05, 0.1) is 24.5 Å². The first kappa shape index (κ1) is 24.8. The Labute approximate surface area is 213 Å². The third-order valence-corrected chi connectivity index (χ3v) is 7.02. The lowest BCUT2D eigenvalue weighted by atomic mass is 10.0. The third kappa shape index (κ3) is 5.17. The first-order valence-corrected chi connectivity index (χ1v) is 12.4. The number of anilines is 1. The van der Waals surface area contributed by atoms with Gasteiger partial charge in [-0.1, -0.05) is 0 Å². The second-order valence-corrected chi connectivity index (χ2v) is 9.50. The number of piperidine rings is 1. The number of aryl methyl sites for hydroxylation is 1. The maximum atomic E-state index is 13.8. The molecule has 1 aromatic carbocycles. The van der Waals surface area contributed by atoms with Crippen LogP contribution >= 0.6 is 0 Å². The van der Waals surface area contributed by atoms with E-state index in [4.69, 9.17) is 9.47 Å². The predicted molar refractivity (Wildman–Crippen MR) is 135 cm³/mol. The zero-order valence-corrected chi connectivity index (χ0v) is 20.9. The topological polar surface area (TPSA) is 116 Å². The minimum absolute atomic E-state index is 0.0193. The molecule has 3 N–H and O–H groups in total. The van der Waals surface area contributed by atoms with E-state index in [0.717, 1.165) is 0 Å². The van der Waals surface area contributed by atoms with Crippen molar-refractivity contribution in [2.75, 3.05) is 44.7 Å². The van der Waals surface area contributed by atoms with Crippen LogP contribution in [-0.2, 0) is 9.53 Å². The summed E-state index contributed by atoms with van der Waals surface area (Å²) in [7, 11) is 0. The van der Waals surface area contributed by atoms with Crippen LogP contribution in [0, 0.1) is 19.7 Å². The summed E-state index contributed by atoms with van der Waals surface area (Å²) in [5, 5.41) is 5.63. The van der Waals surface area contributed by atoms with Gasteiger partial charge in [-0.15, -0.1) is 0 Å². The molecule has 3 aliphatic heterocycles. The number of rotatable bonds is 3. The van der Waals surface area contributed by atoms with E-state index in [2.05, 4.69) is 15.6 Å². The lowest BCUT2D eigenvalue weighted by molar-refractivity contribution is -0.110. The number of benzene rings is 1. The van der Waals surface area contributed by atoms with Crippen LogP contribution in [0.1, 0.15) is 35.4 Å². The van der Waals surface area contributed by atoms with Crippen molar-refractivity contribution in [3.05, 3.63) is 46.5 Å². The molecular weight excluding hydrogens is 481 g/mol. The highest BCUT2D eigenvalue weighted by atomic mass is 19.1. The molecule has 0 saturated carbocycles. The molecule has 4 amide bonds. The number of morpholine rings is 1. The molecule has 0 unspecified atom stereocenters. The molecule has 10 nitrogen and oxygen atoms in total. The molecule has 0 aliphatic carbocycles. The van der Waals surface area contributed by atoms with Crippen molar-refractivity contribution >= 4 is 35.4 Å². The number of carbonyl (C=O) groups is 3. The zero-order valence-electron chi connectivity index (χ0n) is 20.9. The molecule has 2 aromatic rings. The lowest BCUT2D eigenvalue weighted by Crippen LogP contribution is -2.53. The second kappa shape index (κ2) is 10.3. The molecule has 0 spiro atoms. The number of amides is 4. The molecule has 0 atom stereocenters. The van der Waals surface area contributed by atoms with Crippen molar-refractivity contribution in [3.63, 3.8) is 0 Å². The van der Waals surface area contributed by atoms with Crippen molar-refractivity contribution in [1.82, 2.24) is 20.1 Å². The van der Waals surface area contributed by atoms with Crippen LogP contribution in [0.3, 0.4) is 0 Å². The largest absolute Gasteiger partial charge is 0.412 e. The number of nitrogens with zero attached hydrogens (tertiary/aromatic N) is 2. The Balaban J connectivity index is 1.20. The highest BCUT2D eigenvalue weighted by Gasteiger charge is 2.29. The molecule has 4 heterocycles. The van der Waals surface area contributed by atoms with Gasteiger partial charge in [0.25, 0.3) is 5.91 Å². The van der Waals surface area contributed by atoms with E-state index < -0.39 is 11.9 Å². The molecule has 3 aliphatic rings. The van der Waals surface area contributed by atoms with Gasteiger partial charge in [0, 0.05) is 54.7 Å². The average Bonchev–Trinajstić information content (AvgIpc) is 3.34. The van der Waals surface area contributed by atoms with E-state index in [-0.39, 0.29) is 18.0 Å². The number of fused-ring (bicyclic) bond motifs is 1. The van der Waals surface area contributed by atoms with Gasteiger partial charge in [-0.05, 0) is 51.0 Å². The zero-order chi connectivity index (χ0) is 26.1. The highest BCUT2D eigenvalue weighted by molar-refractivity contribution is 6.34. The Morgan fingerprint density at radius 2 is 1.84 bits per heavy atom. The van der Waals surface area contributed by atoms with E-state index in [1.807, 2.05) is 4.90 Å². The summed E-state index contributed by atoms with van der Waals surface area (Å²) >= 11 is 0. The Bertz CT molecular complexity index is 1260. The summed E-state index contributed by atoms with van der Waals surface area (Å²) in [5.41, 5.74) is 3.24. The normalized spacial score (nSPS) is 19.1. The van der Waals surface area contributed by atoms with Crippen molar-refractivity contribution in [2.45, 2.75) is 32.7 Å². The van der Waals surface area contributed by atoms with Crippen LogP contribution in [0.2, 0.25) is 0 Å². The first-order chi connectivity index (χ1) is 17.8. The molecule has 2 fully saturated rings. The van der Waals surface area contributed by atoms with Gasteiger partial charge in [0.15, 0.2) is 5.75 Å². The lowest BCUT2D eigenvalue weighted by Gasteiger charge is -2.37. The van der Waals surface area contributed by atoms with Gasteiger partial charge >= 0.3 is 12.1 Å². The van der Waals surface area contributed by atoms with Crippen molar-refractivity contribution in [3.8, 4) is 5.75 Å². The maximum Gasteiger partial charge on any atom is 0.412 e. The molecule has 196 valence electrons. The highest BCUT2D eigenvalue weighted by Crippen LogP contribution is 2.35. The molecule has 37 heavy (non-hydrogen) atoms. The number of urea groups is 1. The second-order valence-electron chi connectivity index (χ2n) is 9.50. The Morgan fingerprint density at radius 1 is 1.14 bits per heavy atom. The van der Waals surface area contributed by atoms with E-state index in [1.165, 1.54) is 18.2 Å². The van der Waals surface area contributed by atoms with E-state index in [0.29, 0.717) is 91.8 Å². The van der Waals surface area contributed by atoms with Crippen LogP contribution in [0.5, 0.6) is 5.75 Å². The number of halogens is 1. The molecule has 2 saturated heterocycles. The summed E-state index contributed by atoms with van der Waals surface area (Å²) < 4.78 is 24.7. The Morgan fingerprint density at radius 3 is 2.57 bits per heavy atom. The summed E-state index contributed by atoms with van der Waals surface area (Å²) in [4.78, 5) is 44.6. The minimum atomic E-state index is -0.576. The third-order valence-electron chi connectivity index (χ3n) is 7.02. The fraction of sp³-hybridized carbons (Fsp3) is 0.423. The SMILES string of the molecule is Cc1[nH]c(/C=C2\C(=O)Nc3ccc(F)cc32)c(C)c1OC(=O)NC1CCN(C(=O)N2CCOCC2)CC1. The number of carbonyl (C=O) groups excluding carboxylic acids is 3. The Kier molecular flexibility index (Phi) is 6.88. The fourth-order valence-corrected chi connectivity index (χ4v) is 4.96. The number of aromatic amines is 1. The number of aromatic nitrogens is 1. The monoisotopic (exact) mass is 511 g/mol. The number of hydrogen-bond acceptors (Lipinski definition) is 5. The minimum Gasteiger partial charge on any atom is -0.408 e. The number of nitrogens with one attached hydrogen (secondary N) is 3. The van der Waals surface area contributed by atoms with Gasteiger partial charge in [0.1, 0.15) is 5.82 Å².